The minimum Gasteiger partial charge on any atom is -0.497 e. The summed E-state index contributed by atoms with van der Waals surface area (Å²) >= 11 is 0. The molecule has 1 aromatic carbocycles. The van der Waals surface area contributed by atoms with Crippen molar-refractivity contribution >= 4 is 0 Å². The first-order valence-corrected chi connectivity index (χ1v) is 6.74. The molecule has 0 bridgehead atoms. The van der Waals surface area contributed by atoms with Gasteiger partial charge in [-0.05, 0) is 37.6 Å². The number of benzene rings is 1. The van der Waals surface area contributed by atoms with Crippen LogP contribution in [-0.2, 0) is 6.54 Å². The van der Waals surface area contributed by atoms with Crippen molar-refractivity contribution in [3.05, 3.63) is 29.8 Å². The summed E-state index contributed by atoms with van der Waals surface area (Å²) in [7, 11) is 3.90. The first-order chi connectivity index (χ1) is 8.70. The number of hydrogen-bond donors (Lipinski definition) is 1. The lowest BCUT2D eigenvalue weighted by Crippen LogP contribution is -2.49. The van der Waals surface area contributed by atoms with Crippen molar-refractivity contribution in [2.45, 2.75) is 37.8 Å². The van der Waals surface area contributed by atoms with Crippen LogP contribution in [0.3, 0.4) is 0 Å². The average molecular weight is 248 g/mol. The summed E-state index contributed by atoms with van der Waals surface area (Å²) in [5.41, 5.74) is 7.51. The van der Waals surface area contributed by atoms with Crippen LogP contribution in [-0.4, -0.2) is 31.1 Å². The summed E-state index contributed by atoms with van der Waals surface area (Å²) in [6.45, 7) is 1.70. The molecule has 0 radical (unpaired) electrons. The van der Waals surface area contributed by atoms with E-state index in [4.69, 9.17) is 10.5 Å². The van der Waals surface area contributed by atoms with E-state index in [1.807, 2.05) is 12.1 Å². The Labute approximate surface area is 110 Å². The van der Waals surface area contributed by atoms with Gasteiger partial charge in [0.15, 0.2) is 0 Å². The standard InChI is InChI=1S/C15H24N2O/c1-17(15(12-16)8-3-4-9-15)11-13-6-5-7-14(10-13)18-2/h5-7,10H,3-4,8-9,11-12,16H2,1-2H3. The number of methoxy groups -OCH3 is 1. The van der Waals surface area contributed by atoms with Crippen molar-refractivity contribution in [1.82, 2.24) is 4.90 Å². The van der Waals surface area contributed by atoms with Crippen LogP contribution in [0.25, 0.3) is 0 Å². The van der Waals surface area contributed by atoms with Gasteiger partial charge in [0.25, 0.3) is 0 Å². The van der Waals surface area contributed by atoms with E-state index in [0.717, 1.165) is 18.8 Å². The molecule has 3 nitrogen and oxygen atoms in total. The molecule has 1 saturated carbocycles. The third-order valence-corrected chi connectivity index (χ3v) is 4.28. The van der Waals surface area contributed by atoms with Gasteiger partial charge in [-0.2, -0.15) is 0 Å². The Morgan fingerprint density at radius 1 is 1.33 bits per heavy atom. The zero-order chi connectivity index (χ0) is 13.0. The lowest BCUT2D eigenvalue weighted by Gasteiger charge is -2.38. The van der Waals surface area contributed by atoms with E-state index in [9.17, 15) is 0 Å². The monoisotopic (exact) mass is 248 g/mol. The summed E-state index contributed by atoms with van der Waals surface area (Å²) < 4.78 is 5.27. The second-order valence-corrected chi connectivity index (χ2v) is 5.34. The second-order valence-electron chi connectivity index (χ2n) is 5.34. The van der Waals surface area contributed by atoms with Gasteiger partial charge in [0, 0.05) is 18.6 Å². The molecular formula is C15H24N2O. The fourth-order valence-corrected chi connectivity index (χ4v) is 2.99. The molecule has 0 spiro atoms. The van der Waals surface area contributed by atoms with Crippen molar-refractivity contribution in [3.63, 3.8) is 0 Å². The van der Waals surface area contributed by atoms with Crippen LogP contribution in [0.5, 0.6) is 5.75 Å². The largest absolute Gasteiger partial charge is 0.497 e. The molecule has 1 aliphatic carbocycles. The first kappa shape index (κ1) is 13.4. The summed E-state index contributed by atoms with van der Waals surface area (Å²) in [6, 6.07) is 8.29. The van der Waals surface area contributed by atoms with Crippen molar-refractivity contribution in [2.24, 2.45) is 5.73 Å². The number of nitrogens with zero attached hydrogens (tertiary/aromatic N) is 1. The van der Waals surface area contributed by atoms with Crippen LogP contribution in [0.15, 0.2) is 24.3 Å². The minimum absolute atomic E-state index is 0.211. The fourth-order valence-electron chi connectivity index (χ4n) is 2.99. The molecule has 0 amide bonds. The maximum absolute atomic E-state index is 6.01. The molecular weight excluding hydrogens is 224 g/mol. The highest BCUT2D eigenvalue weighted by Gasteiger charge is 2.36. The summed E-state index contributed by atoms with van der Waals surface area (Å²) in [6.07, 6.45) is 5.06. The predicted molar refractivity (Wildman–Crippen MR) is 74.7 cm³/mol. The van der Waals surface area contributed by atoms with Crippen molar-refractivity contribution in [2.75, 3.05) is 20.7 Å². The minimum atomic E-state index is 0.211. The molecule has 0 heterocycles. The number of ether oxygens (including phenoxy) is 1. The maximum atomic E-state index is 6.01. The highest BCUT2D eigenvalue weighted by molar-refractivity contribution is 5.28. The Morgan fingerprint density at radius 3 is 2.67 bits per heavy atom. The topological polar surface area (TPSA) is 38.5 Å². The van der Waals surface area contributed by atoms with Gasteiger partial charge < -0.3 is 10.5 Å². The third kappa shape index (κ3) is 2.68. The van der Waals surface area contributed by atoms with E-state index in [-0.39, 0.29) is 5.54 Å². The molecule has 2 rings (SSSR count). The van der Waals surface area contributed by atoms with E-state index in [0.29, 0.717) is 0 Å². The van der Waals surface area contributed by atoms with E-state index < -0.39 is 0 Å². The molecule has 2 N–H and O–H groups in total. The van der Waals surface area contributed by atoms with Gasteiger partial charge >= 0.3 is 0 Å². The van der Waals surface area contributed by atoms with E-state index in [1.54, 1.807) is 7.11 Å². The molecule has 1 fully saturated rings. The smallest absolute Gasteiger partial charge is 0.119 e. The maximum Gasteiger partial charge on any atom is 0.119 e. The fraction of sp³-hybridized carbons (Fsp3) is 0.600. The quantitative estimate of drug-likeness (QED) is 0.869. The Kier molecular flexibility index (Phi) is 4.25. The van der Waals surface area contributed by atoms with Crippen molar-refractivity contribution in [3.8, 4) is 5.75 Å². The summed E-state index contributed by atoms with van der Waals surface area (Å²) in [5.74, 6) is 0.925. The number of nitrogens with two attached hydrogens (primary N) is 1. The SMILES string of the molecule is COc1cccc(CN(C)C2(CN)CCCC2)c1. The van der Waals surface area contributed by atoms with Crippen molar-refractivity contribution in [1.29, 1.82) is 0 Å². The normalized spacial score (nSPS) is 18.2. The second kappa shape index (κ2) is 5.72. The summed E-state index contributed by atoms with van der Waals surface area (Å²) in [4.78, 5) is 2.43. The van der Waals surface area contributed by atoms with Crippen LogP contribution in [0.4, 0.5) is 0 Å². The van der Waals surface area contributed by atoms with Gasteiger partial charge in [-0.25, -0.2) is 0 Å². The number of hydrogen-bond acceptors (Lipinski definition) is 3. The zero-order valence-electron chi connectivity index (χ0n) is 11.5. The predicted octanol–water partition coefficient (Wildman–Crippen LogP) is 2.40. The van der Waals surface area contributed by atoms with Gasteiger partial charge in [-0.3, -0.25) is 4.90 Å². The number of rotatable bonds is 5. The Morgan fingerprint density at radius 2 is 2.06 bits per heavy atom. The molecule has 100 valence electrons. The lowest BCUT2D eigenvalue weighted by molar-refractivity contribution is 0.124. The molecule has 0 atom stereocenters. The van der Waals surface area contributed by atoms with E-state index in [2.05, 4.69) is 24.1 Å². The van der Waals surface area contributed by atoms with Crippen LogP contribution in [0.2, 0.25) is 0 Å². The van der Waals surface area contributed by atoms with Crippen LogP contribution < -0.4 is 10.5 Å². The molecule has 1 aliphatic rings. The summed E-state index contributed by atoms with van der Waals surface area (Å²) in [5, 5.41) is 0. The van der Waals surface area contributed by atoms with Crippen LogP contribution >= 0.6 is 0 Å². The molecule has 0 saturated heterocycles. The first-order valence-electron chi connectivity index (χ1n) is 6.74. The Bertz CT molecular complexity index is 386. The molecule has 18 heavy (non-hydrogen) atoms. The van der Waals surface area contributed by atoms with Gasteiger partial charge in [-0.1, -0.05) is 25.0 Å². The van der Waals surface area contributed by atoms with Crippen LogP contribution in [0.1, 0.15) is 31.2 Å². The highest BCUT2D eigenvalue weighted by Crippen LogP contribution is 2.34. The Hall–Kier alpha value is -1.06. The molecule has 3 heteroatoms. The molecule has 0 aliphatic heterocycles. The van der Waals surface area contributed by atoms with Gasteiger partial charge in [0.2, 0.25) is 0 Å². The van der Waals surface area contributed by atoms with Gasteiger partial charge in [-0.15, -0.1) is 0 Å². The third-order valence-electron chi connectivity index (χ3n) is 4.28. The van der Waals surface area contributed by atoms with E-state index in [1.165, 1.54) is 31.2 Å². The van der Waals surface area contributed by atoms with Crippen LogP contribution in [0, 0.1) is 0 Å². The molecule has 1 aromatic rings. The average Bonchev–Trinajstić information content (AvgIpc) is 2.89. The highest BCUT2D eigenvalue weighted by atomic mass is 16.5. The van der Waals surface area contributed by atoms with Crippen molar-refractivity contribution < 1.29 is 4.74 Å². The molecule has 0 aromatic heterocycles. The molecule has 0 unspecified atom stereocenters. The zero-order valence-corrected chi connectivity index (χ0v) is 11.5. The lowest BCUT2D eigenvalue weighted by atomic mass is 9.95. The van der Waals surface area contributed by atoms with Gasteiger partial charge in [0.1, 0.15) is 5.75 Å². The number of likely N-dealkylation sites (N-methyl/N-ethyl adjacent to an activating group) is 1. The Balaban J connectivity index is 2.07. The van der Waals surface area contributed by atoms with E-state index >= 15 is 0 Å². The van der Waals surface area contributed by atoms with Gasteiger partial charge in [0.05, 0.1) is 7.11 Å².